The number of halogens is 1. The van der Waals surface area contributed by atoms with Crippen molar-refractivity contribution >= 4 is 16.9 Å². The second-order valence-electron chi connectivity index (χ2n) is 8.22. The van der Waals surface area contributed by atoms with Gasteiger partial charge < -0.3 is 9.47 Å². The Labute approximate surface area is 181 Å². The molecule has 1 aromatic heterocycles. The van der Waals surface area contributed by atoms with E-state index in [2.05, 4.69) is 10.6 Å². The maximum atomic E-state index is 13.4. The predicted octanol–water partition coefficient (Wildman–Crippen LogP) is 5.43. The Morgan fingerprint density at radius 1 is 0.935 bits per heavy atom. The third-order valence-electron chi connectivity index (χ3n) is 5.80. The van der Waals surface area contributed by atoms with Crippen LogP contribution >= 0.6 is 0 Å². The number of nitrogens with zero attached hydrogens (tertiary/aromatic N) is 3. The first-order valence-electron chi connectivity index (χ1n) is 10.7. The van der Waals surface area contributed by atoms with Crippen molar-refractivity contribution in [3.8, 4) is 0 Å². The SMILES string of the molecule is O=C(c1ccc(F)cc1)N(Cc1ccccc1)Cc1nc2ccccc2n1CC1CC1. The second kappa shape index (κ2) is 8.34. The highest BCUT2D eigenvalue weighted by Gasteiger charge is 2.26. The standard InChI is InChI=1S/C26H24FN3O/c27-22-14-12-21(13-15-22)26(31)29(16-19-6-2-1-3-7-19)18-25-28-23-8-4-5-9-24(23)30(25)17-20-10-11-20/h1-9,12-15,20H,10-11,16-18H2. The van der Waals surface area contributed by atoms with Crippen LogP contribution in [0.4, 0.5) is 4.39 Å². The average Bonchev–Trinajstić information content (AvgIpc) is 3.55. The predicted molar refractivity (Wildman–Crippen MR) is 119 cm³/mol. The molecule has 0 spiro atoms. The summed E-state index contributed by atoms with van der Waals surface area (Å²) in [6.45, 7) is 1.79. The molecule has 3 aromatic carbocycles. The van der Waals surface area contributed by atoms with E-state index in [1.807, 2.05) is 48.5 Å². The fourth-order valence-electron chi connectivity index (χ4n) is 3.96. The van der Waals surface area contributed by atoms with Crippen LogP contribution in [0.15, 0.2) is 78.9 Å². The van der Waals surface area contributed by atoms with Crippen LogP contribution in [-0.2, 0) is 19.6 Å². The summed E-state index contributed by atoms with van der Waals surface area (Å²) in [4.78, 5) is 20.1. The highest BCUT2D eigenvalue weighted by molar-refractivity contribution is 5.94. The zero-order valence-corrected chi connectivity index (χ0v) is 17.2. The second-order valence-corrected chi connectivity index (χ2v) is 8.22. The van der Waals surface area contributed by atoms with Crippen molar-refractivity contribution in [2.24, 2.45) is 5.92 Å². The van der Waals surface area contributed by atoms with Gasteiger partial charge in [-0.2, -0.15) is 0 Å². The van der Waals surface area contributed by atoms with Gasteiger partial charge in [-0.05, 0) is 60.7 Å². The van der Waals surface area contributed by atoms with E-state index in [1.165, 1.54) is 25.0 Å². The highest BCUT2D eigenvalue weighted by Crippen LogP contribution is 2.33. The summed E-state index contributed by atoms with van der Waals surface area (Å²) in [6, 6.07) is 23.8. The molecule has 0 radical (unpaired) electrons. The van der Waals surface area contributed by atoms with Gasteiger partial charge in [0.2, 0.25) is 0 Å². The maximum Gasteiger partial charge on any atom is 0.254 e. The summed E-state index contributed by atoms with van der Waals surface area (Å²) in [5, 5.41) is 0. The molecule has 4 nitrogen and oxygen atoms in total. The van der Waals surface area contributed by atoms with Crippen molar-refractivity contribution in [1.29, 1.82) is 0 Å². The number of para-hydroxylation sites is 2. The molecule has 4 aromatic rings. The molecule has 31 heavy (non-hydrogen) atoms. The van der Waals surface area contributed by atoms with Crippen LogP contribution in [0.25, 0.3) is 11.0 Å². The van der Waals surface area contributed by atoms with Gasteiger partial charge in [-0.1, -0.05) is 42.5 Å². The van der Waals surface area contributed by atoms with Gasteiger partial charge in [0.15, 0.2) is 0 Å². The summed E-state index contributed by atoms with van der Waals surface area (Å²) in [7, 11) is 0. The van der Waals surface area contributed by atoms with Gasteiger partial charge in [0.05, 0.1) is 17.6 Å². The first-order chi connectivity index (χ1) is 15.2. The van der Waals surface area contributed by atoms with Gasteiger partial charge in [-0.15, -0.1) is 0 Å². The minimum absolute atomic E-state index is 0.131. The molecule has 1 heterocycles. The summed E-state index contributed by atoms with van der Waals surface area (Å²) in [6.07, 6.45) is 2.49. The van der Waals surface area contributed by atoms with Gasteiger partial charge in [0, 0.05) is 18.7 Å². The van der Waals surface area contributed by atoms with Crippen molar-refractivity contribution < 1.29 is 9.18 Å². The monoisotopic (exact) mass is 413 g/mol. The van der Waals surface area contributed by atoms with Gasteiger partial charge in [-0.25, -0.2) is 9.37 Å². The molecule has 1 saturated carbocycles. The minimum Gasteiger partial charge on any atom is -0.327 e. The molecule has 0 atom stereocenters. The number of fused-ring (bicyclic) bond motifs is 1. The van der Waals surface area contributed by atoms with Gasteiger partial charge in [-0.3, -0.25) is 4.79 Å². The lowest BCUT2D eigenvalue weighted by Crippen LogP contribution is -2.31. The summed E-state index contributed by atoms with van der Waals surface area (Å²) in [5.41, 5.74) is 3.58. The van der Waals surface area contributed by atoms with Gasteiger partial charge in [0.25, 0.3) is 5.91 Å². The quantitative estimate of drug-likeness (QED) is 0.405. The Morgan fingerprint density at radius 3 is 2.39 bits per heavy atom. The molecule has 1 aliphatic rings. The number of imidazole rings is 1. The molecule has 0 aliphatic heterocycles. The largest absolute Gasteiger partial charge is 0.327 e. The molecule has 5 rings (SSSR count). The maximum absolute atomic E-state index is 13.4. The van der Waals surface area contributed by atoms with Crippen LogP contribution in [0.1, 0.15) is 34.6 Å². The van der Waals surface area contributed by atoms with E-state index in [9.17, 15) is 9.18 Å². The third-order valence-corrected chi connectivity index (χ3v) is 5.80. The average molecular weight is 413 g/mol. The lowest BCUT2D eigenvalue weighted by Gasteiger charge is -2.23. The Bertz CT molecular complexity index is 1200. The normalized spacial score (nSPS) is 13.5. The van der Waals surface area contributed by atoms with Crippen LogP contribution < -0.4 is 0 Å². The zero-order valence-electron chi connectivity index (χ0n) is 17.2. The van der Waals surface area contributed by atoms with Crippen molar-refractivity contribution in [1.82, 2.24) is 14.5 Å². The summed E-state index contributed by atoms with van der Waals surface area (Å²) in [5.74, 6) is 1.09. The first kappa shape index (κ1) is 19.5. The first-order valence-corrected chi connectivity index (χ1v) is 10.7. The van der Waals surface area contributed by atoms with E-state index < -0.39 is 0 Å². The minimum atomic E-state index is -0.350. The van der Waals surface area contributed by atoms with Crippen molar-refractivity contribution in [2.75, 3.05) is 0 Å². The molecule has 0 saturated heterocycles. The molecule has 0 N–H and O–H groups in total. The third kappa shape index (κ3) is 4.36. The molecule has 0 bridgehead atoms. The van der Waals surface area contributed by atoms with Crippen molar-refractivity contribution in [3.63, 3.8) is 0 Å². The molecular formula is C26H24FN3O. The van der Waals surface area contributed by atoms with Crippen LogP contribution in [0.2, 0.25) is 0 Å². The fraction of sp³-hybridized carbons (Fsp3) is 0.231. The number of hydrogen-bond donors (Lipinski definition) is 0. The highest BCUT2D eigenvalue weighted by atomic mass is 19.1. The number of benzene rings is 3. The van der Waals surface area contributed by atoms with Crippen LogP contribution in [0, 0.1) is 11.7 Å². The number of hydrogen-bond acceptors (Lipinski definition) is 2. The van der Waals surface area contributed by atoms with Gasteiger partial charge >= 0.3 is 0 Å². The molecule has 156 valence electrons. The summed E-state index contributed by atoms with van der Waals surface area (Å²) >= 11 is 0. The smallest absolute Gasteiger partial charge is 0.254 e. The topological polar surface area (TPSA) is 38.1 Å². The number of rotatable bonds is 7. The van der Waals surface area contributed by atoms with Crippen molar-refractivity contribution in [2.45, 2.75) is 32.5 Å². The Balaban J connectivity index is 1.50. The number of aromatic nitrogens is 2. The Kier molecular flexibility index (Phi) is 5.24. The molecular weight excluding hydrogens is 389 g/mol. The molecule has 5 heteroatoms. The number of carbonyl (C=O) groups excluding carboxylic acids is 1. The molecule has 1 aliphatic carbocycles. The van der Waals surface area contributed by atoms with Crippen LogP contribution in [0.3, 0.4) is 0 Å². The Hall–Kier alpha value is -3.47. The van der Waals surface area contributed by atoms with E-state index in [1.54, 1.807) is 17.0 Å². The van der Waals surface area contributed by atoms with E-state index >= 15 is 0 Å². The number of amides is 1. The lowest BCUT2D eigenvalue weighted by atomic mass is 10.1. The summed E-state index contributed by atoms with van der Waals surface area (Å²) < 4.78 is 15.7. The fourth-order valence-corrected chi connectivity index (χ4v) is 3.96. The lowest BCUT2D eigenvalue weighted by molar-refractivity contribution is 0.0723. The van der Waals surface area contributed by atoms with Crippen molar-refractivity contribution in [3.05, 3.63) is 102 Å². The molecule has 1 fully saturated rings. The Morgan fingerprint density at radius 2 is 1.65 bits per heavy atom. The van der Waals surface area contributed by atoms with Crippen LogP contribution in [0.5, 0.6) is 0 Å². The van der Waals surface area contributed by atoms with Gasteiger partial charge in [0.1, 0.15) is 11.6 Å². The van der Waals surface area contributed by atoms with E-state index in [0.29, 0.717) is 24.6 Å². The van der Waals surface area contributed by atoms with Crippen LogP contribution in [-0.4, -0.2) is 20.4 Å². The molecule has 1 amide bonds. The number of carbonyl (C=O) groups is 1. The molecule has 0 unspecified atom stereocenters. The van der Waals surface area contributed by atoms with E-state index in [-0.39, 0.29) is 11.7 Å². The zero-order chi connectivity index (χ0) is 21.2. The van der Waals surface area contributed by atoms with E-state index in [0.717, 1.165) is 29.0 Å². The van der Waals surface area contributed by atoms with E-state index in [4.69, 9.17) is 4.98 Å².